The quantitative estimate of drug-likeness (QED) is 0.834. The molecule has 3 rings (SSSR count). The summed E-state index contributed by atoms with van der Waals surface area (Å²) >= 11 is 3.53. The lowest BCUT2D eigenvalue weighted by molar-refractivity contribution is -0.122. The van der Waals surface area contributed by atoms with Crippen molar-refractivity contribution in [3.05, 3.63) is 34.3 Å². The van der Waals surface area contributed by atoms with Crippen LogP contribution in [0.25, 0.3) is 0 Å². The van der Waals surface area contributed by atoms with Crippen molar-refractivity contribution in [2.75, 3.05) is 47.4 Å². The second-order valence-electron chi connectivity index (χ2n) is 6.91. The standard InChI is InChI=1S/C18H28BrN3O2/c1-21-9-15-18(12-4-6-13(19)7-5-12)14(8-20)22(15)11-17(24-3)16(10-21)23-2/h4-7,14-18H,8-11,20H2,1-3H3/t14-,15+,16-,17+,18+/m1/s1. The largest absolute Gasteiger partial charge is 0.377 e. The van der Waals surface area contributed by atoms with Crippen molar-refractivity contribution >= 4 is 15.9 Å². The predicted molar refractivity (Wildman–Crippen MR) is 99.3 cm³/mol. The van der Waals surface area contributed by atoms with Crippen LogP contribution >= 0.6 is 15.9 Å². The summed E-state index contributed by atoms with van der Waals surface area (Å²) in [5.74, 6) is 0.474. The summed E-state index contributed by atoms with van der Waals surface area (Å²) in [6, 6.07) is 9.52. The van der Waals surface area contributed by atoms with Gasteiger partial charge in [0.1, 0.15) is 0 Å². The number of hydrogen-bond donors (Lipinski definition) is 1. The second kappa shape index (κ2) is 7.81. The molecule has 0 amide bonds. The molecule has 2 fully saturated rings. The van der Waals surface area contributed by atoms with Gasteiger partial charge in [0.15, 0.2) is 0 Å². The minimum atomic E-state index is 0.0696. The van der Waals surface area contributed by atoms with Crippen LogP contribution in [0.5, 0.6) is 0 Å². The van der Waals surface area contributed by atoms with Crippen LogP contribution in [0.1, 0.15) is 11.5 Å². The van der Waals surface area contributed by atoms with Gasteiger partial charge in [-0.15, -0.1) is 0 Å². The fraction of sp³-hybridized carbons (Fsp3) is 0.667. The van der Waals surface area contributed by atoms with Gasteiger partial charge in [0, 0.05) is 62.9 Å². The van der Waals surface area contributed by atoms with Crippen LogP contribution in [-0.2, 0) is 9.47 Å². The smallest absolute Gasteiger partial charge is 0.0972 e. The highest BCUT2D eigenvalue weighted by Gasteiger charge is 2.50. The van der Waals surface area contributed by atoms with E-state index >= 15 is 0 Å². The molecule has 0 spiro atoms. The van der Waals surface area contributed by atoms with E-state index in [9.17, 15) is 0 Å². The van der Waals surface area contributed by atoms with E-state index in [0.717, 1.165) is 24.1 Å². The Morgan fingerprint density at radius 3 is 2.29 bits per heavy atom. The van der Waals surface area contributed by atoms with Crippen LogP contribution in [0.2, 0.25) is 0 Å². The minimum Gasteiger partial charge on any atom is -0.377 e. The maximum Gasteiger partial charge on any atom is 0.0972 e. The summed E-state index contributed by atoms with van der Waals surface area (Å²) in [5.41, 5.74) is 7.52. The van der Waals surface area contributed by atoms with Crippen molar-refractivity contribution in [1.82, 2.24) is 9.80 Å². The Morgan fingerprint density at radius 2 is 1.71 bits per heavy atom. The Labute approximate surface area is 153 Å². The molecule has 2 heterocycles. The van der Waals surface area contributed by atoms with Gasteiger partial charge in [0.2, 0.25) is 0 Å². The van der Waals surface area contributed by atoms with E-state index in [1.165, 1.54) is 5.56 Å². The molecule has 0 saturated carbocycles. The number of methoxy groups -OCH3 is 2. The van der Waals surface area contributed by atoms with Gasteiger partial charge in [-0.05, 0) is 24.7 Å². The van der Waals surface area contributed by atoms with Gasteiger partial charge in [0.25, 0.3) is 0 Å². The minimum absolute atomic E-state index is 0.0696. The van der Waals surface area contributed by atoms with Crippen molar-refractivity contribution in [1.29, 1.82) is 0 Å². The number of likely N-dealkylation sites (N-methyl/N-ethyl adjacent to an activating group) is 1. The number of halogens is 1. The fourth-order valence-corrected chi connectivity index (χ4v) is 4.57. The Balaban J connectivity index is 1.84. The highest BCUT2D eigenvalue weighted by molar-refractivity contribution is 9.10. The van der Waals surface area contributed by atoms with Crippen LogP contribution in [0.4, 0.5) is 0 Å². The topological polar surface area (TPSA) is 51.0 Å². The lowest BCUT2D eigenvalue weighted by atomic mass is 9.74. The van der Waals surface area contributed by atoms with E-state index in [1.54, 1.807) is 14.2 Å². The molecule has 1 aromatic carbocycles. The van der Waals surface area contributed by atoms with Crippen LogP contribution in [0.3, 0.4) is 0 Å². The SMILES string of the molecule is CO[C@H]1CN2[C@H](CN)[C@H](c3ccc(Br)cc3)[C@@H]2CN(C)C[C@H]1OC. The molecule has 5 atom stereocenters. The molecule has 0 radical (unpaired) electrons. The number of rotatable bonds is 4. The molecule has 5 nitrogen and oxygen atoms in total. The van der Waals surface area contributed by atoms with Gasteiger partial charge in [-0.2, -0.15) is 0 Å². The van der Waals surface area contributed by atoms with Gasteiger partial charge in [-0.1, -0.05) is 28.1 Å². The zero-order chi connectivity index (χ0) is 17.3. The average molecular weight is 398 g/mol. The Morgan fingerprint density at radius 1 is 1.08 bits per heavy atom. The van der Waals surface area contributed by atoms with Crippen LogP contribution in [0.15, 0.2) is 28.7 Å². The molecule has 2 N–H and O–H groups in total. The number of nitrogens with two attached hydrogens (primary N) is 1. The molecular formula is C18H28BrN3O2. The van der Waals surface area contributed by atoms with E-state index in [-0.39, 0.29) is 12.2 Å². The normalized spacial score (nSPS) is 35.0. The van der Waals surface area contributed by atoms with E-state index in [4.69, 9.17) is 15.2 Å². The summed E-state index contributed by atoms with van der Waals surface area (Å²) in [6.07, 6.45) is 0.159. The van der Waals surface area contributed by atoms with Crippen LogP contribution in [0, 0.1) is 0 Å². The summed E-state index contributed by atoms with van der Waals surface area (Å²) < 4.78 is 12.5. The highest BCUT2D eigenvalue weighted by atomic mass is 79.9. The van der Waals surface area contributed by atoms with E-state index in [1.807, 2.05) is 0 Å². The van der Waals surface area contributed by atoms with Crippen molar-refractivity contribution in [3.63, 3.8) is 0 Å². The van der Waals surface area contributed by atoms with Gasteiger partial charge in [0.05, 0.1) is 12.2 Å². The molecule has 24 heavy (non-hydrogen) atoms. The maximum absolute atomic E-state index is 6.14. The second-order valence-corrected chi connectivity index (χ2v) is 7.83. The van der Waals surface area contributed by atoms with Crippen LogP contribution in [-0.4, -0.2) is 81.5 Å². The molecule has 6 heteroatoms. The molecule has 0 unspecified atom stereocenters. The maximum atomic E-state index is 6.14. The first-order valence-electron chi connectivity index (χ1n) is 8.54. The van der Waals surface area contributed by atoms with E-state index < -0.39 is 0 Å². The predicted octanol–water partition coefficient (Wildman–Crippen LogP) is 1.52. The third-order valence-electron chi connectivity index (χ3n) is 5.58. The molecule has 0 aliphatic carbocycles. The van der Waals surface area contributed by atoms with Gasteiger partial charge in [-0.3, -0.25) is 4.90 Å². The molecule has 2 saturated heterocycles. The Bertz CT molecular complexity index is 542. The van der Waals surface area contributed by atoms with Crippen molar-refractivity contribution in [2.45, 2.75) is 30.2 Å². The monoisotopic (exact) mass is 397 g/mol. The number of fused-ring (bicyclic) bond motifs is 1. The van der Waals surface area contributed by atoms with Crippen molar-refractivity contribution in [3.8, 4) is 0 Å². The molecule has 134 valence electrons. The average Bonchev–Trinajstić information content (AvgIpc) is 2.57. The van der Waals surface area contributed by atoms with Gasteiger partial charge >= 0.3 is 0 Å². The fourth-order valence-electron chi connectivity index (χ4n) is 4.31. The summed E-state index contributed by atoms with van der Waals surface area (Å²) in [7, 11) is 5.71. The summed E-state index contributed by atoms with van der Waals surface area (Å²) in [6.45, 7) is 3.45. The van der Waals surface area contributed by atoms with Crippen molar-refractivity contribution in [2.24, 2.45) is 5.73 Å². The van der Waals surface area contributed by atoms with Crippen molar-refractivity contribution < 1.29 is 9.47 Å². The Hall–Kier alpha value is -0.500. The molecule has 2 aliphatic heterocycles. The summed E-state index contributed by atoms with van der Waals surface area (Å²) in [5, 5.41) is 0. The zero-order valence-corrected chi connectivity index (χ0v) is 16.3. The molecule has 1 aromatic rings. The number of benzene rings is 1. The lowest BCUT2D eigenvalue weighted by Gasteiger charge is -2.58. The number of ether oxygens (including phenoxy) is 2. The first-order chi connectivity index (χ1) is 11.6. The van der Waals surface area contributed by atoms with E-state index in [2.05, 4.69) is 57.0 Å². The van der Waals surface area contributed by atoms with Gasteiger partial charge < -0.3 is 20.1 Å². The number of hydrogen-bond acceptors (Lipinski definition) is 5. The van der Waals surface area contributed by atoms with Gasteiger partial charge in [-0.25, -0.2) is 0 Å². The number of nitrogens with zero attached hydrogens (tertiary/aromatic N) is 2. The third kappa shape index (κ3) is 3.41. The molecule has 0 aromatic heterocycles. The molecule has 0 bridgehead atoms. The summed E-state index contributed by atoms with van der Waals surface area (Å²) in [4.78, 5) is 4.87. The third-order valence-corrected chi connectivity index (χ3v) is 6.11. The van der Waals surface area contributed by atoms with E-state index in [0.29, 0.717) is 24.5 Å². The first-order valence-corrected chi connectivity index (χ1v) is 9.33. The molecule has 2 aliphatic rings. The first kappa shape index (κ1) is 18.3. The Kier molecular flexibility index (Phi) is 5.95. The zero-order valence-electron chi connectivity index (χ0n) is 14.7. The lowest BCUT2D eigenvalue weighted by Crippen LogP contribution is -2.71. The molecular weight excluding hydrogens is 370 g/mol. The van der Waals surface area contributed by atoms with Crippen LogP contribution < -0.4 is 5.73 Å². The highest BCUT2D eigenvalue weighted by Crippen LogP contribution is 2.42.